The van der Waals surface area contributed by atoms with Crippen molar-refractivity contribution in [2.24, 2.45) is 0 Å². The minimum Gasteiger partial charge on any atom is -0.394 e. The Kier molecular flexibility index (Phi) is 6.49. The van der Waals surface area contributed by atoms with Crippen molar-refractivity contribution in [1.82, 2.24) is 5.32 Å². The van der Waals surface area contributed by atoms with Gasteiger partial charge < -0.3 is 20.1 Å². The van der Waals surface area contributed by atoms with Gasteiger partial charge in [-0.3, -0.25) is 0 Å². The molecule has 2 atom stereocenters. The molecule has 2 rings (SSSR count). The van der Waals surface area contributed by atoms with Gasteiger partial charge in [0.1, 0.15) is 0 Å². The van der Waals surface area contributed by atoms with Crippen LogP contribution in [-0.2, 0) is 4.74 Å². The number of para-hydroxylation sites is 1. The van der Waals surface area contributed by atoms with E-state index in [0.29, 0.717) is 12.6 Å². The summed E-state index contributed by atoms with van der Waals surface area (Å²) in [6.07, 6.45) is 2.20. The molecule has 0 saturated carbocycles. The van der Waals surface area contributed by atoms with Gasteiger partial charge in [-0.1, -0.05) is 32.0 Å². The maximum absolute atomic E-state index is 9.61. The van der Waals surface area contributed by atoms with E-state index in [9.17, 15) is 5.11 Å². The quantitative estimate of drug-likeness (QED) is 0.809. The van der Waals surface area contributed by atoms with Gasteiger partial charge >= 0.3 is 0 Å². The van der Waals surface area contributed by atoms with Crippen LogP contribution in [0.5, 0.6) is 0 Å². The van der Waals surface area contributed by atoms with Crippen LogP contribution in [0.25, 0.3) is 0 Å². The van der Waals surface area contributed by atoms with Crippen LogP contribution in [0, 0.1) is 0 Å². The Balaban J connectivity index is 2.26. The lowest BCUT2D eigenvalue weighted by Crippen LogP contribution is -2.48. The van der Waals surface area contributed by atoms with Crippen molar-refractivity contribution in [2.45, 2.75) is 38.8 Å². The van der Waals surface area contributed by atoms with Gasteiger partial charge in [-0.05, 0) is 31.0 Å². The van der Waals surface area contributed by atoms with Crippen molar-refractivity contribution >= 4 is 5.69 Å². The number of ether oxygens (including phenoxy) is 1. The molecule has 0 amide bonds. The molecule has 1 aliphatic heterocycles. The highest BCUT2D eigenvalue weighted by molar-refractivity contribution is 5.56. The molecule has 4 heteroatoms. The second kappa shape index (κ2) is 8.37. The number of morpholine rings is 1. The average molecular weight is 292 g/mol. The predicted octanol–water partition coefficient (Wildman–Crippen LogP) is 2.33. The Morgan fingerprint density at radius 1 is 1.38 bits per heavy atom. The fourth-order valence-corrected chi connectivity index (χ4v) is 2.96. The van der Waals surface area contributed by atoms with Crippen molar-refractivity contribution in [2.75, 3.05) is 37.8 Å². The molecule has 1 aromatic carbocycles. The van der Waals surface area contributed by atoms with Crippen LogP contribution in [0.3, 0.4) is 0 Å². The predicted molar refractivity (Wildman–Crippen MR) is 86.8 cm³/mol. The first-order valence-corrected chi connectivity index (χ1v) is 8.09. The van der Waals surface area contributed by atoms with Gasteiger partial charge in [0.25, 0.3) is 0 Å². The molecule has 1 heterocycles. The molecule has 118 valence electrons. The summed E-state index contributed by atoms with van der Waals surface area (Å²) < 4.78 is 5.50. The van der Waals surface area contributed by atoms with Crippen LogP contribution < -0.4 is 10.2 Å². The SMILES string of the molecule is CCCNC(CC)c1ccccc1N1CCOCC1CO. The molecule has 21 heavy (non-hydrogen) atoms. The van der Waals surface area contributed by atoms with Crippen LogP contribution >= 0.6 is 0 Å². The van der Waals surface area contributed by atoms with Gasteiger partial charge in [-0.15, -0.1) is 0 Å². The highest BCUT2D eigenvalue weighted by Gasteiger charge is 2.25. The van der Waals surface area contributed by atoms with Crippen molar-refractivity contribution in [3.63, 3.8) is 0 Å². The zero-order valence-electron chi connectivity index (χ0n) is 13.2. The Morgan fingerprint density at radius 2 is 2.19 bits per heavy atom. The molecule has 1 aromatic rings. The average Bonchev–Trinajstić information content (AvgIpc) is 2.56. The van der Waals surface area contributed by atoms with Crippen LogP contribution in [-0.4, -0.2) is 44.1 Å². The van der Waals surface area contributed by atoms with E-state index < -0.39 is 0 Å². The fraction of sp³-hybridized carbons (Fsp3) is 0.647. The number of rotatable bonds is 7. The van der Waals surface area contributed by atoms with Crippen LogP contribution in [0.15, 0.2) is 24.3 Å². The second-order valence-corrected chi connectivity index (χ2v) is 5.58. The number of nitrogens with one attached hydrogen (secondary N) is 1. The lowest BCUT2D eigenvalue weighted by molar-refractivity contribution is 0.0725. The summed E-state index contributed by atoms with van der Waals surface area (Å²) in [6.45, 7) is 7.73. The normalized spacial score (nSPS) is 20.5. The first kappa shape index (κ1) is 16.3. The molecule has 0 aromatic heterocycles. The van der Waals surface area contributed by atoms with Gasteiger partial charge in [0.05, 0.1) is 25.9 Å². The lowest BCUT2D eigenvalue weighted by atomic mass is 10.00. The number of benzene rings is 1. The number of hydrogen-bond acceptors (Lipinski definition) is 4. The van der Waals surface area contributed by atoms with Gasteiger partial charge in [-0.2, -0.15) is 0 Å². The van der Waals surface area contributed by atoms with Crippen molar-refractivity contribution < 1.29 is 9.84 Å². The Bertz CT molecular complexity index is 425. The molecular formula is C17H28N2O2. The third-order valence-electron chi connectivity index (χ3n) is 4.11. The topological polar surface area (TPSA) is 44.7 Å². The minimum atomic E-state index is 0.0589. The van der Waals surface area contributed by atoms with Crippen molar-refractivity contribution in [3.8, 4) is 0 Å². The number of nitrogens with zero attached hydrogens (tertiary/aromatic N) is 1. The van der Waals surface area contributed by atoms with E-state index in [1.165, 1.54) is 11.3 Å². The van der Waals surface area contributed by atoms with Crippen molar-refractivity contribution in [3.05, 3.63) is 29.8 Å². The van der Waals surface area contributed by atoms with E-state index in [4.69, 9.17) is 4.74 Å². The first-order chi connectivity index (χ1) is 10.3. The van der Waals surface area contributed by atoms with E-state index in [-0.39, 0.29) is 12.6 Å². The van der Waals surface area contributed by atoms with Gasteiger partial charge in [0.15, 0.2) is 0 Å². The van der Waals surface area contributed by atoms with E-state index >= 15 is 0 Å². The monoisotopic (exact) mass is 292 g/mol. The van der Waals surface area contributed by atoms with Crippen LogP contribution in [0.1, 0.15) is 38.3 Å². The summed E-state index contributed by atoms with van der Waals surface area (Å²) in [5.74, 6) is 0. The third-order valence-corrected chi connectivity index (χ3v) is 4.11. The summed E-state index contributed by atoms with van der Waals surface area (Å²) >= 11 is 0. The molecular weight excluding hydrogens is 264 g/mol. The minimum absolute atomic E-state index is 0.0589. The van der Waals surface area contributed by atoms with E-state index in [1.807, 2.05) is 0 Å². The molecule has 1 aliphatic rings. The standard InChI is InChI=1S/C17H28N2O2/c1-3-9-18-16(4-2)15-7-5-6-8-17(15)19-10-11-21-13-14(19)12-20/h5-8,14,16,18,20H,3-4,9-13H2,1-2H3. The molecule has 0 bridgehead atoms. The summed E-state index contributed by atoms with van der Waals surface area (Å²) in [5, 5.41) is 13.2. The van der Waals surface area contributed by atoms with Crippen LogP contribution in [0.4, 0.5) is 5.69 Å². The summed E-state index contributed by atoms with van der Waals surface area (Å²) in [7, 11) is 0. The van der Waals surface area contributed by atoms with Gasteiger partial charge in [0, 0.05) is 18.3 Å². The number of aliphatic hydroxyl groups excluding tert-OH is 1. The number of aliphatic hydroxyl groups is 1. The molecule has 0 aliphatic carbocycles. The highest BCUT2D eigenvalue weighted by atomic mass is 16.5. The molecule has 4 nitrogen and oxygen atoms in total. The summed E-state index contributed by atoms with van der Waals surface area (Å²) in [4.78, 5) is 2.30. The Labute approximate surface area is 128 Å². The molecule has 2 unspecified atom stereocenters. The fourth-order valence-electron chi connectivity index (χ4n) is 2.96. The Hall–Kier alpha value is -1.10. The molecule has 1 saturated heterocycles. The third kappa shape index (κ3) is 3.96. The summed E-state index contributed by atoms with van der Waals surface area (Å²) in [5.41, 5.74) is 2.56. The molecule has 0 radical (unpaired) electrons. The van der Waals surface area contributed by atoms with Crippen LogP contribution in [0.2, 0.25) is 0 Å². The first-order valence-electron chi connectivity index (χ1n) is 8.09. The lowest BCUT2D eigenvalue weighted by Gasteiger charge is -2.38. The zero-order valence-corrected chi connectivity index (χ0v) is 13.2. The maximum Gasteiger partial charge on any atom is 0.0755 e. The molecule has 2 N–H and O–H groups in total. The van der Waals surface area contributed by atoms with Crippen molar-refractivity contribution in [1.29, 1.82) is 0 Å². The molecule has 1 fully saturated rings. The second-order valence-electron chi connectivity index (χ2n) is 5.58. The highest BCUT2D eigenvalue weighted by Crippen LogP contribution is 2.30. The smallest absolute Gasteiger partial charge is 0.0755 e. The number of anilines is 1. The maximum atomic E-state index is 9.61. The van der Waals surface area contributed by atoms with E-state index in [2.05, 4.69) is 48.3 Å². The molecule has 0 spiro atoms. The van der Waals surface area contributed by atoms with E-state index in [0.717, 1.165) is 32.5 Å². The van der Waals surface area contributed by atoms with Gasteiger partial charge in [0.2, 0.25) is 0 Å². The zero-order chi connectivity index (χ0) is 15.1. The largest absolute Gasteiger partial charge is 0.394 e. The number of hydrogen-bond donors (Lipinski definition) is 2. The van der Waals surface area contributed by atoms with E-state index in [1.54, 1.807) is 0 Å². The van der Waals surface area contributed by atoms with Gasteiger partial charge in [-0.25, -0.2) is 0 Å². The summed E-state index contributed by atoms with van der Waals surface area (Å²) in [6, 6.07) is 8.97. The Morgan fingerprint density at radius 3 is 2.90 bits per heavy atom.